The number of carboxylic acids is 1. The maximum absolute atomic E-state index is 11.3. The van der Waals surface area contributed by atoms with Gasteiger partial charge in [0.25, 0.3) is 0 Å². The summed E-state index contributed by atoms with van der Waals surface area (Å²) in [5.74, 6) is -0.943. The summed E-state index contributed by atoms with van der Waals surface area (Å²) in [5, 5.41) is 23.1. The molecule has 5 heteroatoms. The molecule has 3 N–H and O–H groups in total. The third-order valence-electron chi connectivity index (χ3n) is 4.84. The first-order valence-corrected chi connectivity index (χ1v) is 8.78. The Hall–Kier alpha value is -2.24. The van der Waals surface area contributed by atoms with Gasteiger partial charge < -0.3 is 15.5 Å². The molecule has 3 rings (SSSR count). The number of rotatable bonds is 6. The maximum Gasteiger partial charge on any atom is 0.336 e. The quantitative estimate of drug-likeness (QED) is 0.752. The van der Waals surface area contributed by atoms with Crippen molar-refractivity contribution in [2.45, 2.75) is 44.2 Å². The smallest absolute Gasteiger partial charge is 0.336 e. The molecule has 1 aliphatic carbocycles. The first-order valence-electron chi connectivity index (χ1n) is 8.78. The Labute approximate surface area is 147 Å². The van der Waals surface area contributed by atoms with E-state index in [1.54, 1.807) is 24.4 Å². The predicted octanol–water partition coefficient (Wildman–Crippen LogP) is 3.23. The predicted molar refractivity (Wildman–Crippen MR) is 96.4 cm³/mol. The van der Waals surface area contributed by atoms with Gasteiger partial charge >= 0.3 is 5.97 Å². The molecule has 0 spiro atoms. The molecule has 0 aliphatic heterocycles. The molecule has 1 fully saturated rings. The zero-order chi connectivity index (χ0) is 17.7. The fraction of sp³-hybridized carbons (Fsp3) is 0.400. The van der Waals surface area contributed by atoms with Gasteiger partial charge in [0.2, 0.25) is 0 Å². The van der Waals surface area contributed by atoms with Crippen LogP contribution < -0.4 is 5.32 Å². The van der Waals surface area contributed by atoms with Crippen LogP contribution in [0.1, 0.15) is 48.2 Å². The minimum absolute atomic E-state index is 0.273. The Morgan fingerprint density at radius 3 is 2.56 bits per heavy atom. The summed E-state index contributed by atoms with van der Waals surface area (Å²) >= 11 is 0. The van der Waals surface area contributed by atoms with Gasteiger partial charge in [0.05, 0.1) is 16.9 Å². The molecule has 0 unspecified atom stereocenters. The largest absolute Gasteiger partial charge is 0.478 e. The van der Waals surface area contributed by atoms with Crippen LogP contribution in [0.2, 0.25) is 0 Å². The van der Waals surface area contributed by atoms with E-state index in [-0.39, 0.29) is 5.56 Å². The molecule has 2 aromatic rings. The van der Waals surface area contributed by atoms with Crippen molar-refractivity contribution >= 4 is 5.97 Å². The van der Waals surface area contributed by atoms with E-state index in [0.29, 0.717) is 18.7 Å². The molecule has 0 saturated heterocycles. The minimum atomic E-state index is -0.943. The summed E-state index contributed by atoms with van der Waals surface area (Å²) in [6.07, 6.45) is 6.82. The van der Waals surface area contributed by atoms with Gasteiger partial charge in [0, 0.05) is 24.8 Å². The monoisotopic (exact) mass is 340 g/mol. The van der Waals surface area contributed by atoms with E-state index in [9.17, 15) is 15.0 Å². The van der Waals surface area contributed by atoms with Crippen LogP contribution in [0.15, 0.2) is 42.6 Å². The standard InChI is InChI=1S/C20H24N2O3/c23-19(24)18-7-3-2-6-17(18)15-8-9-16(22-12-15)13-21-14-20(25)10-4-1-5-11-20/h2-3,6-9,12,21,25H,1,4-5,10-11,13-14H2,(H,23,24). The normalized spacial score (nSPS) is 16.5. The lowest BCUT2D eigenvalue weighted by Gasteiger charge is -2.32. The van der Waals surface area contributed by atoms with Crippen molar-refractivity contribution in [2.24, 2.45) is 0 Å². The van der Waals surface area contributed by atoms with Crippen molar-refractivity contribution in [1.29, 1.82) is 0 Å². The van der Waals surface area contributed by atoms with Gasteiger partial charge in [-0.15, -0.1) is 0 Å². The number of hydrogen-bond acceptors (Lipinski definition) is 4. The van der Waals surface area contributed by atoms with Crippen molar-refractivity contribution in [3.8, 4) is 11.1 Å². The van der Waals surface area contributed by atoms with Gasteiger partial charge in [-0.3, -0.25) is 4.98 Å². The molecule has 132 valence electrons. The number of carbonyl (C=O) groups is 1. The SMILES string of the molecule is O=C(O)c1ccccc1-c1ccc(CNCC2(O)CCCCC2)nc1. The number of aromatic nitrogens is 1. The van der Waals surface area contributed by atoms with E-state index in [1.165, 1.54) is 6.42 Å². The van der Waals surface area contributed by atoms with Crippen molar-refractivity contribution in [3.63, 3.8) is 0 Å². The molecule has 0 amide bonds. The highest BCUT2D eigenvalue weighted by atomic mass is 16.4. The molecule has 0 bridgehead atoms. The number of aliphatic hydroxyl groups is 1. The summed E-state index contributed by atoms with van der Waals surface area (Å²) in [5.41, 5.74) is 2.01. The van der Waals surface area contributed by atoms with Gasteiger partial charge in [-0.25, -0.2) is 4.79 Å². The molecular formula is C20H24N2O3. The second kappa shape index (κ2) is 7.76. The third-order valence-corrected chi connectivity index (χ3v) is 4.84. The number of nitrogens with one attached hydrogen (secondary N) is 1. The van der Waals surface area contributed by atoms with Gasteiger partial charge in [-0.05, 0) is 30.5 Å². The number of carboxylic acid groups (broad SMARTS) is 1. The summed E-state index contributed by atoms with van der Waals surface area (Å²) < 4.78 is 0. The Morgan fingerprint density at radius 2 is 1.88 bits per heavy atom. The number of pyridine rings is 1. The van der Waals surface area contributed by atoms with Gasteiger partial charge in [0.15, 0.2) is 0 Å². The lowest BCUT2D eigenvalue weighted by Crippen LogP contribution is -2.41. The van der Waals surface area contributed by atoms with Crippen molar-refractivity contribution in [3.05, 3.63) is 53.9 Å². The van der Waals surface area contributed by atoms with Crippen LogP contribution in [0.25, 0.3) is 11.1 Å². The minimum Gasteiger partial charge on any atom is -0.478 e. The lowest BCUT2D eigenvalue weighted by atomic mass is 9.85. The average Bonchev–Trinajstić information content (AvgIpc) is 2.63. The molecule has 1 saturated carbocycles. The van der Waals surface area contributed by atoms with Crippen molar-refractivity contribution < 1.29 is 15.0 Å². The number of benzene rings is 1. The fourth-order valence-electron chi connectivity index (χ4n) is 3.42. The Morgan fingerprint density at radius 1 is 1.12 bits per heavy atom. The van der Waals surface area contributed by atoms with Gasteiger partial charge in [-0.2, -0.15) is 0 Å². The Bertz CT molecular complexity index is 722. The Balaban J connectivity index is 1.62. The second-order valence-corrected chi connectivity index (χ2v) is 6.78. The first-order chi connectivity index (χ1) is 12.1. The summed E-state index contributed by atoms with van der Waals surface area (Å²) in [6.45, 7) is 1.17. The second-order valence-electron chi connectivity index (χ2n) is 6.78. The maximum atomic E-state index is 11.3. The van der Waals surface area contributed by atoms with E-state index in [0.717, 1.165) is 36.9 Å². The molecule has 1 aliphatic rings. The average molecular weight is 340 g/mol. The summed E-state index contributed by atoms with van der Waals surface area (Å²) in [7, 11) is 0. The number of aromatic carboxylic acids is 1. The highest BCUT2D eigenvalue weighted by molar-refractivity contribution is 5.95. The molecule has 1 heterocycles. The van der Waals surface area contributed by atoms with E-state index >= 15 is 0 Å². The van der Waals surface area contributed by atoms with Gasteiger partial charge in [-0.1, -0.05) is 43.5 Å². The topological polar surface area (TPSA) is 82.5 Å². The lowest BCUT2D eigenvalue weighted by molar-refractivity contribution is 0.00461. The van der Waals surface area contributed by atoms with E-state index in [4.69, 9.17) is 0 Å². The highest BCUT2D eigenvalue weighted by Gasteiger charge is 2.28. The zero-order valence-electron chi connectivity index (χ0n) is 14.2. The molecule has 1 aromatic carbocycles. The van der Waals surface area contributed by atoms with E-state index in [1.807, 2.05) is 18.2 Å². The van der Waals surface area contributed by atoms with Gasteiger partial charge in [0.1, 0.15) is 0 Å². The molecule has 5 nitrogen and oxygen atoms in total. The van der Waals surface area contributed by atoms with Crippen LogP contribution in [0.5, 0.6) is 0 Å². The van der Waals surface area contributed by atoms with Crippen molar-refractivity contribution in [1.82, 2.24) is 10.3 Å². The third kappa shape index (κ3) is 4.44. The van der Waals surface area contributed by atoms with Crippen LogP contribution in [0.3, 0.4) is 0 Å². The molecule has 1 aromatic heterocycles. The zero-order valence-corrected chi connectivity index (χ0v) is 14.2. The van der Waals surface area contributed by atoms with Crippen LogP contribution in [0, 0.1) is 0 Å². The van der Waals surface area contributed by atoms with E-state index in [2.05, 4.69) is 10.3 Å². The van der Waals surface area contributed by atoms with Crippen LogP contribution >= 0.6 is 0 Å². The summed E-state index contributed by atoms with van der Waals surface area (Å²) in [4.78, 5) is 15.8. The van der Waals surface area contributed by atoms with Crippen LogP contribution in [0.4, 0.5) is 0 Å². The highest BCUT2D eigenvalue weighted by Crippen LogP contribution is 2.27. The molecule has 0 radical (unpaired) electrons. The van der Waals surface area contributed by atoms with Crippen LogP contribution in [-0.2, 0) is 6.54 Å². The number of nitrogens with zero attached hydrogens (tertiary/aromatic N) is 1. The van der Waals surface area contributed by atoms with Crippen molar-refractivity contribution in [2.75, 3.05) is 6.54 Å². The molecular weight excluding hydrogens is 316 g/mol. The van der Waals surface area contributed by atoms with Crippen LogP contribution in [-0.4, -0.2) is 33.3 Å². The first kappa shape index (κ1) is 17.6. The molecule has 25 heavy (non-hydrogen) atoms. The Kier molecular flexibility index (Phi) is 5.46. The fourth-order valence-corrected chi connectivity index (χ4v) is 3.42. The molecule has 0 atom stereocenters. The summed E-state index contributed by atoms with van der Waals surface area (Å²) in [6, 6.07) is 10.7. The van der Waals surface area contributed by atoms with E-state index < -0.39 is 11.6 Å². The number of hydrogen-bond donors (Lipinski definition) is 3.